The highest BCUT2D eigenvalue weighted by atomic mass is 16.2. The van der Waals surface area contributed by atoms with Gasteiger partial charge in [0, 0.05) is 42.3 Å². The van der Waals surface area contributed by atoms with Crippen LogP contribution in [0.1, 0.15) is 79.4 Å². The summed E-state index contributed by atoms with van der Waals surface area (Å²) in [5.74, 6) is -0.0914. The number of hydrogen-bond donors (Lipinski definition) is 1. The fourth-order valence-electron chi connectivity index (χ4n) is 5.31. The number of H-pyrrole nitrogens is 1. The first-order chi connectivity index (χ1) is 20.1. The standard InChI is InChI=1S/C36H45N3O2/c1-3-5-7-9-14-29-19-21-31(22-20-29)36(41)39(24-6-4-2)28-35(40)38(27-30-15-10-8-11-16-30)25-23-32-26-37-34-18-13-12-17-33(32)34/h8,10-13,15-22,26,37H,3-7,9,14,23-25,27-28H2,1-2H3. The Morgan fingerprint density at radius 2 is 1.41 bits per heavy atom. The van der Waals surface area contributed by atoms with Gasteiger partial charge in [-0.05, 0) is 60.6 Å². The fourth-order valence-corrected chi connectivity index (χ4v) is 5.31. The molecule has 216 valence electrons. The molecular formula is C36H45N3O2. The molecule has 0 saturated heterocycles. The lowest BCUT2D eigenvalue weighted by Crippen LogP contribution is -2.43. The lowest BCUT2D eigenvalue weighted by molar-refractivity contribution is -0.132. The van der Waals surface area contributed by atoms with Gasteiger partial charge in [-0.25, -0.2) is 0 Å². The van der Waals surface area contributed by atoms with Gasteiger partial charge in [-0.3, -0.25) is 9.59 Å². The van der Waals surface area contributed by atoms with Crippen molar-refractivity contribution in [3.63, 3.8) is 0 Å². The predicted octanol–water partition coefficient (Wildman–Crippen LogP) is 7.80. The molecule has 0 radical (unpaired) electrons. The Morgan fingerprint density at radius 3 is 2.17 bits per heavy atom. The van der Waals surface area contributed by atoms with Crippen molar-refractivity contribution in [2.75, 3.05) is 19.6 Å². The normalized spacial score (nSPS) is 11.1. The number of amides is 2. The molecule has 0 bridgehead atoms. The van der Waals surface area contributed by atoms with Crippen LogP contribution in [-0.4, -0.2) is 46.2 Å². The Hall–Kier alpha value is -3.86. The average Bonchev–Trinajstić information content (AvgIpc) is 3.43. The van der Waals surface area contributed by atoms with Crippen LogP contribution in [0.4, 0.5) is 0 Å². The Balaban J connectivity index is 1.46. The highest BCUT2D eigenvalue weighted by Gasteiger charge is 2.23. The summed E-state index contributed by atoms with van der Waals surface area (Å²) < 4.78 is 0. The van der Waals surface area contributed by atoms with Crippen LogP contribution >= 0.6 is 0 Å². The van der Waals surface area contributed by atoms with Gasteiger partial charge in [-0.1, -0.05) is 100 Å². The SMILES string of the molecule is CCCCCCc1ccc(C(=O)N(CCCC)CC(=O)N(CCc2c[nH]c3ccccc23)Cc2ccccc2)cc1. The van der Waals surface area contributed by atoms with E-state index in [4.69, 9.17) is 0 Å². The van der Waals surface area contributed by atoms with Crippen molar-refractivity contribution in [1.82, 2.24) is 14.8 Å². The predicted molar refractivity (Wildman–Crippen MR) is 169 cm³/mol. The summed E-state index contributed by atoms with van der Waals surface area (Å²) in [6.45, 7) is 6.09. The first-order valence-corrected chi connectivity index (χ1v) is 15.3. The number of aromatic amines is 1. The number of nitrogens with one attached hydrogen (secondary N) is 1. The maximum Gasteiger partial charge on any atom is 0.254 e. The third-order valence-corrected chi connectivity index (χ3v) is 7.81. The van der Waals surface area contributed by atoms with E-state index < -0.39 is 0 Å². The number of aromatic nitrogens is 1. The van der Waals surface area contributed by atoms with Crippen LogP contribution < -0.4 is 0 Å². The fraction of sp³-hybridized carbons (Fsp3) is 0.389. The Kier molecular flexibility index (Phi) is 11.6. The zero-order valence-electron chi connectivity index (χ0n) is 24.8. The third-order valence-electron chi connectivity index (χ3n) is 7.81. The topological polar surface area (TPSA) is 56.4 Å². The second kappa shape index (κ2) is 15.8. The van der Waals surface area contributed by atoms with Gasteiger partial charge in [0.05, 0.1) is 0 Å². The summed E-state index contributed by atoms with van der Waals surface area (Å²) in [6.07, 6.45) is 10.6. The summed E-state index contributed by atoms with van der Waals surface area (Å²) in [5, 5.41) is 1.19. The van der Waals surface area contributed by atoms with Crippen LogP contribution in [0, 0.1) is 0 Å². The molecule has 4 rings (SSSR count). The molecule has 5 heteroatoms. The van der Waals surface area contributed by atoms with Crippen molar-refractivity contribution in [2.24, 2.45) is 0 Å². The molecular weight excluding hydrogens is 506 g/mol. The van der Waals surface area contributed by atoms with E-state index in [-0.39, 0.29) is 18.4 Å². The molecule has 3 aromatic carbocycles. The smallest absolute Gasteiger partial charge is 0.254 e. The van der Waals surface area contributed by atoms with E-state index >= 15 is 0 Å². The molecule has 0 atom stereocenters. The first kappa shape index (κ1) is 30.1. The van der Waals surface area contributed by atoms with Crippen LogP contribution in [0.5, 0.6) is 0 Å². The maximum atomic E-state index is 13.8. The van der Waals surface area contributed by atoms with Crippen molar-refractivity contribution in [1.29, 1.82) is 0 Å². The maximum absolute atomic E-state index is 13.8. The van der Waals surface area contributed by atoms with E-state index in [1.54, 1.807) is 4.90 Å². The number of carbonyl (C=O) groups excluding carboxylic acids is 2. The third kappa shape index (κ3) is 8.81. The molecule has 0 aliphatic rings. The van der Waals surface area contributed by atoms with E-state index in [1.165, 1.54) is 42.2 Å². The zero-order chi connectivity index (χ0) is 28.9. The second-order valence-electron chi connectivity index (χ2n) is 11.0. The number of nitrogens with zero attached hydrogens (tertiary/aromatic N) is 2. The molecule has 1 N–H and O–H groups in total. The molecule has 41 heavy (non-hydrogen) atoms. The molecule has 0 spiro atoms. The molecule has 0 fully saturated rings. The number of rotatable bonds is 16. The molecule has 1 aromatic heterocycles. The number of fused-ring (bicyclic) bond motifs is 1. The molecule has 1 heterocycles. The second-order valence-corrected chi connectivity index (χ2v) is 11.0. The van der Waals surface area contributed by atoms with Crippen LogP contribution in [-0.2, 0) is 24.2 Å². The minimum Gasteiger partial charge on any atom is -0.361 e. The highest BCUT2D eigenvalue weighted by Crippen LogP contribution is 2.19. The van der Waals surface area contributed by atoms with Gasteiger partial charge in [0.1, 0.15) is 6.54 Å². The Bertz CT molecular complexity index is 1360. The van der Waals surface area contributed by atoms with Gasteiger partial charge < -0.3 is 14.8 Å². The van der Waals surface area contributed by atoms with Gasteiger partial charge in [-0.15, -0.1) is 0 Å². The highest BCUT2D eigenvalue weighted by molar-refractivity contribution is 5.96. The number of unbranched alkanes of at least 4 members (excludes halogenated alkanes) is 4. The van der Waals surface area contributed by atoms with Gasteiger partial charge in [-0.2, -0.15) is 0 Å². The number of hydrogen-bond acceptors (Lipinski definition) is 2. The van der Waals surface area contributed by atoms with E-state index in [9.17, 15) is 9.59 Å². The van der Waals surface area contributed by atoms with E-state index in [1.807, 2.05) is 53.6 Å². The Morgan fingerprint density at radius 1 is 0.683 bits per heavy atom. The van der Waals surface area contributed by atoms with Crippen LogP contribution in [0.15, 0.2) is 85.1 Å². The van der Waals surface area contributed by atoms with Gasteiger partial charge in [0.2, 0.25) is 5.91 Å². The van der Waals surface area contributed by atoms with E-state index in [0.29, 0.717) is 25.2 Å². The minimum atomic E-state index is -0.0689. The van der Waals surface area contributed by atoms with Gasteiger partial charge >= 0.3 is 0 Å². The minimum absolute atomic E-state index is 0.0225. The summed E-state index contributed by atoms with van der Waals surface area (Å²) >= 11 is 0. The quantitative estimate of drug-likeness (QED) is 0.144. The van der Waals surface area contributed by atoms with Gasteiger partial charge in [0.25, 0.3) is 5.91 Å². The van der Waals surface area contributed by atoms with E-state index in [2.05, 4.69) is 55.2 Å². The summed E-state index contributed by atoms with van der Waals surface area (Å²) in [7, 11) is 0. The lowest BCUT2D eigenvalue weighted by Gasteiger charge is -2.28. The largest absolute Gasteiger partial charge is 0.361 e. The number of benzene rings is 3. The van der Waals surface area contributed by atoms with Crippen molar-refractivity contribution >= 4 is 22.7 Å². The number of para-hydroxylation sites is 1. The molecule has 0 unspecified atom stereocenters. The molecule has 0 saturated carbocycles. The average molecular weight is 552 g/mol. The molecule has 5 nitrogen and oxygen atoms in total. The summed E-state index contributed by atoms with van der Waals surface area (Å²) in [4.78, 5) is 34.4. The molecule has 4 aromatic rings. The van der Waals surface area contributed by atoms with Crippen LogP contribution in [0.2, 0.25) is 0 Å². The molecule has 0 aliphatic heterocycles. The van der Waals surface area contributed by atoms with Crippen LogP contribution in [0.25, 0.3) is 10.9 Å². The van der Waals surface area contributed by atoms with Crippen molar-refractivity contribution in [3.05, 3.63) is 107 Å². The monoisotopic (exact) mass is 551 g/mol. The zero-order valence-corrected chi connectivity index (χ0v) is 24.8. The summed E-state index contributed by atoms with van der Waals surface area (Å²) in [6, 6.07) is 26.4. The molecule has 2 amide bonds. The van der Waals surface area contributed by atoms with Crippen molar-refractivity contribution < 1.29 is 9.59 Å². The van der Waals surface area contributed by atoms with Crippen molar-refractivity contribution in [3.8, 4) is 0 Å². The number of carbonyl (C=O) groups is 2. The number of aryl methyl sites for hydroxylation is 1. The lowest BCUT2D eigenvalue weighted by atomic mass is 10.0. The summed E-state index contributed by atoms with van der Waals surface area (Å²) in [5.41, 5.74) is 5.30. The van der Waals surface area contributed by atoms with Crippen molar-refractivity contribution in [2.45, 2.75) is 71.8 Å². The first-order valence-electron chi connectivity index (χ1n) is 15.3. The molecule has 0 aliphatic carbocycles. The van der Waals surface area contributed by atoms with E-state index in [0.717, 1.165) is 36.8 Å². The van der Waals surface area contributed by atoms with Gasteiger partial charge in [0.15, 0.2) is 0 Å². The Labute approximate surface area is 245 Å². The van der Waals surface area contributed by atoms with Crippen LogP contribution in [0.3, 0.4) is 0 Å².